The van der Waals surface area contributed by atoms with E-state index in [0.717, 1.165) is 25.7 Å². The predicted octanol–water partition coefficient (Wildman–Crippen LogP) is 3.57. The highest BCUT2D eigenvalue weighted by Gasteiger charge is 2.31. The normalized spacial score (nSPS) is 23.2. The smallest absolute Gasteiger partial charge is 0.109 e. The first-order chi connectivity index (χ1) is 14.0. The van der Waals surface area contributed by atoms with E-state index < -0.39 is 0 Å². The summed E-state index contributed by atoms with van der Waals surface area (Å²) in [5, 5.41) is 0. The average molecular weight is 396 g/mol. The van der Waals surface area contributed by atoms with Crippen molar-refractivity contribution in [2.75, 3.05) is 50.7 Å². The number of hydrogen-bond donors (Lipinski definition) is 0. The maximum atomic E-state index is 4.19. The van der Waals surface area contributed by atoms with Gasteiger partial charge in [-0.05, 0) is 58.2 Å². The summed E-state index contributed by atoms with van der Waals surface area (Å²) in [7, 11) is 0. The van der Waals surface area contributed by atoms with Crippen LogP contribution in [-0.4, -0.2) is 77.1 Å². The Morgan fingerprint density at radius 2 is 1.69 bits per heavy atom. The Morgan fingerprint density at radius 3 is 2.41 bits per heavy atom. The molecule has 158 valence electrons. The highest BCUT2D eigenvalue weighted by Crippen LogP contribution is 2.27. The average Bonchev–Trinajstić information content (AvgIpc) is 3.00. The Bertz CT molecular complexity index is 713. The van der Waals surface area contributed by atoms with Gasteiger partial charge in [-0.1, -0.05) is 12.2 Å². The zero-order valence-electron chi connectivity index (χ0n) is 18.4. The highest BCUT2D eigenvalue weighted by atomic mass is 15.4. The van der Waals surface area contributed by atoms with Crippen LogP contribution in [0, 0.1) is 0 Å². The van der Waals surface area contributed by atoms with Crippen molar-refractivity contribution in [2.45, 2.75) is 51.6 Å². The SMILES string of the molecule is CC(C)(C)N1CCC(N2CCCN(C3=CC=CCN3c3ccncc3)CC2)CC1. The third-order valence-electron chi connectivity index (χ3n) is 6.70. The minimum atomic E-state index is 0.304. The van der Waals surface area contributed by atoms with Crippen molar-refractivity contribution in [3.8, 4) is 0 Å². The summed E-state index contributed by atoms with van der Waals surface area (Å²) in [6, 6.07) is 4.98. The van der Waals surface area contributed by atoms with Gasteiger partial charge in [0.15, 0.2) is 0 Å². The first-order valence-electron chi connectivity index (χ1n) is 11.3. The highest BCUT2D eigenvalue weighted by molar-refractivity contribution is 5.53. The van der Waals surface area contributed by atoms with Gasteiger partial charge < -0.3 is 9.80 Å². The van der Waals surface area contributed by atoms with Crippen molar-refractivity contribution in [2.24, 2.45) is 0 Å². The summed E-state index contributed by atoms with van der Waals surface area (Å²) in [6.07, 6.45) is 14.4. The van der Waals surface area contributed by atoms with Crippen molar-refractivity contribution in [3.05, 3.63) is 48.6 Å². The number of aromatic nitrogens is 1. The second kappa shape index (κ2) is 8.88. The van der Waals surface area contributed by atoms with Crippen LogP contribution in [0.5, 0.6) is 0 Å². The van der Waals surface area contributed by atoms with Gasteiger partial charge in [-0.2, -0.15) is 0 Å². The second-order valence-electron chi connectivity index (χ2n) is 9.53. The van der Waals surface area contributed by atoms with Gasteiger partial charge in [0.2, 0.25) is 0 Å². The van der Waals surface area contributed by atoms with Crippen LogP contribution < -0.4 is 4.90 Å². The Labute approximate surface area is 176 Å². The number of nitrogens with zero attached hydrogens (tertiary/aromatic N) is 5. The van der Waals surface area contributed by atoms with Gasteiger partial charge in [-0.3, -0.25) is 14.8 Å². The molecule has 29 heavy (non-hydrogen) atoms. The number of allylic oxidation sites excluding steroid dienone is 2. The molecule has 0 saturated carbocycles. The molecule has 4 rings (SSSR count). The summed E-state index contributed by atoms with van der Waals surface area (Å²) >= 11 is 0. The predicted molar refractivity (Wildman–Crippen MR) is 121 cm³/mol. The molecule has 0 amide bonds. The Morgan fingerprint density at radius 1 is 0.931 bits per heavy atom. The van der Waals surface area contributed by atoms with Crippen LogP contribution in [0.25, 0.3) is 0 Å². The number of hydrogen-bond acceptors (Lipinski definition) is 5. The zero-order valence-corrected chi connectivity index (χ0v) is 18.4. The third kappa shape index (κ3) is 4.84. The first-order valence-corrected chi connectivity index (χ1v) is 11.3. The standard InChI is InChI=1S/C24H37N5/c1-24(2,3)28-17-10-21(11-18-28)26-14-6-15-27(20-19-26)23-7-4-5-16-29(23)22-8-12-25-13-9-22/h4-5,7-9,12-13,21H,6,10-11,14-20H2,1-3H3. The van der Waals surface area contributed by atoms with E-state index in [4.69, 9.17) is 0 Å². The molecule has 1 aromatic heterocycles. The zero-order chi connectivity index (χ0) is 20.3. The van der Waals surface area contributed by atoms with Crippen molar-refractivity contribution >= 4 is 5.69 Å². The molecule has 2 fully saturated rings. The van der Waals surface area contributed by atoms with Gasteiger partial charge in [0.25, 0.3) is 0 Å². The molecule has 0 atom stereocenters. The quantitative estimate of drug-likeness (QED) is 0.779. The number of likely N-dealkylation sites (tertiary alicyclic amines) is 1. The Kier molecular flexibility index (Phi) is 6.26. The van der Waals surface area contributed by atoms with Crippen molar-refractivity contribution in [1.29, 1.82) is 0 Å². The summed E-state index contributed by atoms with van der Waals surface area (Å²) in [6.45, 7) is 15.1. The van der Waals surface area contributed by atoms with Crippen LogP contribution in [-0.2, 0) is 0 Å². The molecule has 0 unspecified atom stereocenters. The van der Waals surface area contributed by atoms with Gasteiger partial charge in [0, 0.05) is 75.5 Å². The van der Waals surface area contributed by atoms with E-state index in [9.17, 15) is 0 Å². The minimum Gasteiger partial charge on any atom is -0.357 e. The fourth-order valence-electron chi connectivity index (χ4n) is 4.98. The summed E-state index contributed by atoms with van der Waals surface area (Å²) in [4.78, 5) is 14.6. The van der Waals surface area contributed by atoms with Gasteiger partial charge in [0.05, 0.1) is 0 Å². The molecule has 0 N–H and O–H groups in total. The maximum Gasteiger partial charge on any atom is 0.109 e. The fourth-order valence-corrected chi connectivity index (χ4v) is 4.98. The molecule has 2 saturated heterocycles. The Hall–Kier alpha value is -1.85. The number of pyridine rings is 1. The van der Waals surface area contributed by atoms with Crippen LogP contribution in [0.2, 0.25) is 0 Å². The largest absolute Gasteiger partial charge is 0.357 e. The molecule has 0 aliphatic carbocycles. The van der Waals surface area contributed by atoms with Crippen LogP contribution in [0.1, 0.15) is 40.0 Å². The molecule has 4 heterocycles. The van der Waals surface area contributed by atoms with E-state index in [1.165, 1.54) is 56.9 Å². The topological polar surface area (TPSA) is 25.9 Å². The van der Waals surface area contributed by atoms with E-state index in [1.54, 1.807) is 0 Å². The molecule has 0 radical (unpaired) electrons. The minimum absolute atomic E-state index is 0.304. The lowest BCUT2D eigenvalue weighted by molar-refractivity contribution is 0.0580. The molecule has 0 aromatic carbocycles. The van der Waals surface area contributed by atoms with Gasteiger partial charge in [-0.15, -0.1) is 0 Å². The molecule has 1 aromatic rings. The monoisotopic (exact) mass is 395 g/mol. The lowest BCUT2D eigenvalue weighted by Crippen LogP contribution is -2.51. The van der Waals surface area contributed by atoms with Crippen LogP contribution in [0.3, 0.4) is 0 Å². The van der Waals surface area contributed by atoms with Crippen molar-refractivity contribution < 1.29 is 0 Å². The number of anilines is 1. The lowest BCUT2D eigenvalue weighted by Gasteiger charge is -2.43. The molecular formula is C24H37N5. The molecule has 3 aliphatic rings. The lowest BCUT2D eigenvalue weighted by atomic mass is 9.97. The van der Waals surface area contributed by atoms with E-state index in [2.05, 4.69) is 75.7 Å². The number of rotatable bonds is 3. The van der Waals surface area contributed by atoms with Crippen LogP contribution >= 0.6 is 0 Å². The van der Waals surface area contributed by atoms with E-state index >= 15 is 0 Å². The van der Waals surface area contributed by atoms with Crippen LogP contribution in [0.15, 0.2) is 48.6 Å². The van der Waals surface area contributed by atoms with E-state index in [-0.39, 0.29) is 0 Å². The van der Waals surface area contributed by atoms with Crippen molar-refractivity contribution in [1.82, 2.24) is 19.7 Å². The molecule has 5 heteroatoms. The fraction of sp³-hybridized carbons (Fsp3) is 0.625. The maximum absolute atomic E-state index is 4.19. The van der Waals surface area contributed by atoms with Crippen LogP contribution in [0.4, 0.5) is 5.69 Å². The molecule has 5 nitrogen and oxygen atoms in total. The molecular weight excluding hydrogens is 358 g/mol. The summed E-state index contributed by atoms with van der Waals surface area (Å²) < 4.78 is 0. The Balaban J connectivity index is 1.38. The van der Waals surface area contributed by atoms with Gasteiger partial charge in [0.1, 0.15) is 5.82 Å². The molecule has 0 bridgehead atoms. The number of piperidine rings is 1. The summed E-state index contributed by atoms with van der Waals surface area (Å²) in [5.74, 6) is 1.34. The summed E-state index contributed by atoms with van der Waals surface area (Å²) in [5.41, 5.74) is 1.53. The van der Waals surface area contributed by atoms with Gasteiger partial charge in [-0.25, -0.2) is 0 Å². The molecule has 3 aliphatic heterocycles. The van der Waals surface area contributed by atoms with Gasteiger partial charge >= 0.3 is 0 Å². The van der Waals surface area contributed by atoms with E-state index in [0.29, 0.717) is 5.54 Å². The first kappa shape index (κ1) is 20.4. The third-order valence-corrected chi connectivity index (χ3v) is 6.70. The van der Waals surface area contributed by atoms with E-state index in [1.807, 2.05) is 12.4 Å². The molecule has 0 spiro atoms. The van der Waals surface area contributed by atoms with Crippen molar-refractivity contribution in [3.63, 3.8) is 0 Å². The second-order valence-corrected chi connectivity index (χ2v) is 9.53.